The van der Waals surface area contributed by atoms with Gasteiger partial charge in [-0.1, -0.05) is 20.4 Å². The van der Waals surface area contributed by atoms with Gasteiger partial charge in [0, 0.05) is 13.1 Å². The predicted molar refractivity (Wildman–Crippen MR) is 81.2 cm³/mol. The molecule has 0 unspecified atom stereocenters. The average Bonchev–Trinajstić information content (AvgIpc) is 2.38. The summed E-state index contributed by atoms with van der Waals surface area (Å²) in [6.07, 6.45) is 2.39. The van der Waals surface area contributed by atoms with Gasteiger partial charge in [0.25, 0.3) is 0 Å². The minimum absolute atomic E-state index is 0.923. The Morgan fingerprint density at radius 2 is 1.22 bits per heavy atom. The Labute approximate surface area is 113 Å². The van der Waals surface area contributed by atoms with Crippen molar-refractivity contribution in [1.82, 2.24) is 21.3 Å². The smallest absolute Gasteiger partial charge is 0.0174 e. The standard InChI is InChI=1S/C14H32N4/c1-4-15-8-6-9-17-10-7-11-18-13-14(3)12-16-5-2/h15-18H,3-13H2,1-2H3. The molecule has 108 valence electrons. The van der Waals surface area contributed by atoms with Gasteiger partial charge in [0.15, 0.2) is 0 Å². The fourth-order valence-electron chi connectivity index (χ4n) is 1.61. The van der Waals surface area contributed by atoms with E-state index >= 15 is 0 Å². The van der Waals surface area contributed by atoms with Crippen molar-refractivity contribution < 1.29 is 0 Å². The van der Waals surface area contributed by atoms with Gasteiger partial charge in [0.05, 0.1) is 0 Å². The highest BCUT2D eigenvalue weighted by molar-refractivity contribution is 4.98. The molecule has 0 heterocycles. The van der Waals surface area contributed by atoms with Gasteiger partial charge in [0.2, 0.25) is 0 Å². The SMILES string of the molecule is C=C(CNCC)CNCCCNCCCNCC. The Bertz CT molecular complexity index is 183. The lowest BCUT2D eigenvalue weighted by molar-refractivity contribution is 0.575. The Morgan fingerprint density at radius 3 is 1.83 bits per heavy atom. The summed E-state index contributed by atoms with van der Waals surface area (Å²) in [6, 6.07) is 0. The van der Waals surface area contributed by atoms with E-state index in [1.54, 1.807) is 0 Å². The van der Waals surface area contributed by atoms with Crippen molar-refractivity contribution in [3.8, 4) is 0 Å². The summed E-state index contributed by atoms with van der Waals surface area (Å²) in [4.78, 5) is 0. The minimum Gasteiger partial charge on any atom is -0.317 e. The summed E-state index contributed by atoms with van der Waals surface area (Å²) in [5, 5.41) is 13.5. The zero-order valence-corrected chi connectivity index (χ0v) is 12.3. The van der Waals surface area contributed by atoms with Crippen LogP contribution >= 0.6 is 0 Å². The van der Waals surface area contributed by atoms with E-state index in [2.05, 4.69) is 41.7 Å². The van der Waals surface area contributed by atoms with E-state index < -0.39 is 0 Å². The highest BCUT2D eigenvalue weighted by Gasteiger charge is 1.93. The van der Waals surface area contributed by atoms with Gasteiger partial charge in [0.1, 0.15) is 0 Å². The Hall–Kier alpha value is -0.420. The van der Waals surface area contributed by atoms with Gasteiger partial charge in [-0.25, -0.2) is 0 Å². The molecule has 0 spiro atoms. The summed E-state index contributed by atoms with van der Waals surface area (Å²) in [7, 11) is 0. The van der Waals surface area contributed by atoms with E-state index in [1.807, 2.05) is 0 Å². The molecule has 0 radical (unpaired) electrons. The van der Waals surface area contributed by atoms with Crippen LogP contribution in [-0.2, 0) is 0 Å². The van der Waals surface area contributed by atoms with Gasteiger partial charge < -0.3 is 21.3 Å². The molecule has 0 aromatic rings. The van der Waals surface area contributed by atoms with E-state index in [4.69, 9.17) is 0 Å². The first-order valence-corrected chi connectivity index (χ1v) is 7.30. The van der Waals surface area contributed by atoms with Crippen LogP contribution in [0.25, 0.3) is 0 Å². The second-order valence-corrected chi connectivity index (χ2v) is 4.52. The first-order valence-electron chi connectivity index (χ1n) is 7.30. The molecule has 0 bridgehead atoms. The molecule has 0 saturated heterocycles. The van der Waals surface area contributed by atoms with Crippen molar-refractivity contribution in [3.63, 3.8) is 0 Å². The highest BCUT2D eigenvalue weighted by atomic mass is 14.9. The minimum atomic E-state index is 0.923. The van der Waals surface area contributed by atoms with Crippen LogP contribution in [0.1, 0.15) is 26.7 Å². The Morgan fingerprint density at radius 1 is 0.722 bits per heavy atom. The topological polar surface area (TPSA) is 48.1 Å². The molecule has 4 heteroatoms. The Balaban J connectivity index is 3.04. The molecule has 0 aliphatic heterocycles. The molecule has 0 rings (SSSR count). The van der Waals surface area contributed by atoms with Gasteiger partial charge in [-0.05, 0) is 57.7 Å². The monoisotopic (exact) mass is 256 g/mol. The number of hydrogen-bond acceptors (Lipinski definition) is 4. The van der Waals surface area contributed by atoms with Crippen LogP contribution in [0.2, 0.25) is 0 Å². The average molecular weight is 256 g/mol. The van der Waals surface area contributed by atoms with Gasteiger partial charge >= 0.3 is 0 Å². The van der Waals surface area contributed by atoms with Crippen molar-refractivity contribution in [1.29, 1.82) is 0 Å². The van der Waals surface area contributed by atoms with E-state index in [9.17, 15) is 0 Å². The maximum atomic E-state index is 4.02. The number of likely N-dealkylation sites (N-methyl/N-ethyl adjacent to an activating group) is 1. The zero-order chi connectivity index (χ0) is 13.5. The van der Waals surface area contributed by atoms with Crippen LogP contribution in [0.5, 0.6) is 0 Å². The quantitative estimate of drug-likeness (QED) is 0.273. The maximum Gasteiger partial charge on any atom is 0.0174 e. The molecule has 0 aromatic heterocycles. The molecule has 0 aromatic carbocycles. The molecule has 18 heavy (non-hydrogen) atoms. The van der Waals surface area contributed by atoms with Crippen molar-refractivity contribution in [2.75, 3.05) is 52.4 Å². The fourth-order valence-corrected chi connectivity index (χ4v) is 1.61. The van der Waals surface area contributed by atoms with Gasteiger partial charge in [-0.15, -0.1) is 0 Å². The summed E-state index contributed by atoms with van der Waals surface area (Å²) in [5.41, 5.74) is 1.23. The van der Waals surface area contributed by atoms with Crippen molar-refractivity contribution in [2.45, 2.75) is 26.7 Å². The lowest BCUT2D eigenvalue weighted by Crippen LogP contribution is -2.27. The predicted octanol–water partition coefficient (Wildman–Crippen LogP) is 0.721. The Kier molecular flexibility index (Phi) is 14.3. The van der Waals surface area contributed by atoms with E-state index in [0.29, 0.717) is 0 Å². The number of hydrogen-bond donors (Lipinski definition) is 4. The second kappa shape index (κ2) is 14.6. The lowest BCUT2D eigenvalue weighted by atomic mass is 10.3. The van der Waals surface area contributed by atoms with Crippen LogP contribution in [0.4, 0.5) is 0 Å². The van der Waals surface area contributed by atoms with Crippen molar-refractivity contribution >= 4 is 0 Å². The van der Waals surface area contributed by atoms with Crippen LogP contribution in [0, 0.1) is 0 Å². The van der Waals surface area contributed by atoms with Crippen LogP contribution in [0.3, 0.4) is 0 Å². The molecule has 0 amide bonds. The molecule has 0 fully saturated rings. The molecule has 0 aliphatic carbocycles. The van der Waals surface area contributed by atoms with Crippen LogP contribution in [-0.4, -0.2) is 52.4 Å². The molecule has 0 aliphatic rings. The molecular formula is C14H32N4. The van der Waals surface area contributed by atoms with Crippen molar-refractivity contribution in [2.24, 2.45) is 0 Å². The summed E-state index contributed by atoms with van der Waals surface area (Å²) in [5.74, 6) is 0. The van der Waals surface area contributed by atoms with E-state index in [-0.39, 0.29) is 0 Å². The lowest BCUT2D eigenvalue weighted by Gasteiger charge is -2.09. The van der Waals surface area contributed by atoms with Gasteiger partial charge in [-0.2, -0.15) is 0 Å². The first kappa shape index (κ1) is 17.6. The third kappa shape index (κ3) is 13.6. The number of rotatable bonds is 14. The van der Waals surface area contributed by atoms with Crippen LogP contribution < -0.4 is 21.3 Å². The summed E-state index contributed by atoms with van der Waals surface area (Å²) >= 11 is 0. The van der Waals surface area contributed by atoms with E-state index in [0.717, 1.165) is 52.4 Å². The first-order chi connectivity index (χ1) is 8.81. The van der Waals surface area contributed by atoms with E-state index in [1.165, 1.54) is 18.4 Å². The van der Waals surface area contributed by atoms with Crippen molar-refractivity contribution in [3.05, 3.63) is 12.2 Å². The van der Waals surface area contributed by atoms with Crippen LogP contribution in [0.15, 0.2) is 12.2 Å². The summed E-state index contributed by atoms with van der Waals surface area (Å²) in [6.45, 7) is 16.6. The number of nitrogens with one attached hydrogen (secondary N) is 4. The molecule has 4 N–H and O–H groups in total. The molecule has 0 saturated carbocycles. The summed E-state index contributed by atoms with van der Waals surface area (Å²) < 4.78 is 0. The third-order valence-corrected chi connectivity index (χ3v) is 2.66. The molecule has 0 atom stereocenters. The third-order valence-electron chi connectivity index (χ3n) is 2.66. The molecule has 4 nitrogen and oxygen atoms in total. The zero-order valence-electron chi connectivity index (χ0n) is 12.3. The normalized spacial score (nSPS) is 10.8. The highest BCUT2D eigenvalue weighted by Crippen LogP contribution is 1.84. The fraction of sp³-hybridized carbons (Fsp3) is 0.857. The largest absolute Gasteiger partial charge is 0.317 e. The van der Waals surface area contributed by atoms with Gasteiger partial charge in [-0.3, -0.25) is 0 Å². The second-order valence-electron chi connectivity index (χ2n) is 4.52. The maximum absolute atomic E-state index is 4.02. The molecular weight excluding hydrogens is 224 g/mol.